The molecule has 3 N–H and O–H groups in total. The van der Waals surface area contributed by atoms with Crippen LogP contribution >= 0.6 is 23.6 Å². The number of aryl methyl sites for hydroxylation is 1. The molecular weight excluding hydrogens is 388 g/mol. The normalized spacial score (nSPS) is 15.0. The first kappa shape index (κ1) is 19.0. The Labute approximate surface area is 174 Å². The van der Waals surface area contributed by atoms with Crippen molar-refractivity contribution in [2.45, 2.75) is 20.5 Å². The van der Waals surface area contributed by atoms with Crippen molar-refractivity contribution in [1.82, 2.24) is 9.78 Å². The predicted molar refractivity (Wildman–Crippen MR) is 116 cm³/mol. The largest absolute Gasteiger partial charge is 0.330 e. The number of rotatable bonds is 5. The van der Waals surface area contributed by atoms with Crippen LogP contribution in [-0.4, -0.2) is 36.0 Å². The van der Waals surface area contributed by atoms with E-state index < -0.39 is 0 Å². The zero-order valence-corrected chi connectivity index (χ0v) is 17.9. The second-order valence-corrected chi connectivity index (χ2v) is 8.81. The van der Waals surface area contributed by atoms with Gasteiger partial charge in [0.15, 0.2) is 10.6 Å². The van der Waals surface area contributed by atoms with Crippen molar-refractivity contribution in [2.24, 2.45) is 0 Å². The van der Waals surface area contributed by atoms with Crippen LogP contribution in [0, 0.1) is 17.8 Å². The van der Waals surface area contributed by atoms with E-state index in [-0.39, 0.29) is 0 Å². The Kier molecular flexibility index (Phi) is 5.70. The highest BCUT2D eigenvalue weighted by molar-refractivity contribution is 7.73. The van der Waals surface area contributed by atoms with Gasteiger partial charge in [0.2, 0.25) is 5.13 Å². The lowest BCUT2D eigenvalue weighted by Gasteiger charge is -2.27. The number of pyridine rings is 1. The lowest BCUT2D eigenvalue weighted by atomic mass is 10.1. The Morgan fingerprint density at radius 1 is 1.18 bits per heavy atom. The van der Waals surface area contributed by atoms with Gasteiger partial charge in [-0.2, -0.15) is 4.68 Å². The lowest BCUT2D eigenvalue weighted by Crippen LogP contribution is -3.14. The summed E-state index contributed by atoms with van der Waals surface area (Å²) in [6.07, 6.45) is 1.98. The molecule has 0 unspecified atom stereocenters. The quantitative estimate of drug-likeness (QED) is 0.629. The molecule has 1 aliphatic heterocycles. The Balaban J connectivity index is 1.38. The van der Waals surface area contributed by atoms with Crippen LogP contribution in [0.3, 0.4) is 0 Å². The molecule has 3 aromatic rings. The number of H-pyrrole nitrogens is 1. The van der Waals surface area contributed by atoms with E-state index in [0.717, 1.165) is 47.6 Å². The smallest absolute Gasteiger partial charge is 0.274 e. The van der Waals surface area contributed by atoms with Gasteiger partial charge in [-0.05, 0) is 49.3 Å². The van der Waals surface area contributed by atoms with Crippen molar-refractivity contribution in [3.8, 4) is 0 Å². The zero-order valence-electron chi connectivity index (χ0n) is 16.2. The highest BCUT2D eigenvalue weighted by Crippen LogP contribution is 2.24. The second-order valence-electron chi connectivity index (χ2n) is 7.19. The van der Waals surface area contributed by atoms with Gasteiger partial charge in [-0.3, -0.25) is 4.90 Å². The summed E-state index contributed by atoms with van der Waals surface area (Å²) in [6.45, 7) is 9.26. The minimum atomic E-state index is 0.816. The molecule has 8 heteroatoms. The van der Waals surface area contributed by atoms with Crippen LogP contribution in [0.1, 0.15) is 11.1 Å². The van der Waals surface area contributed by atoms with Crippen LogP contribution in [0.25, 0.3) is 0 Å². The number of hydrogen-bond donors (Lipinski definition) is 2. The molecule has 146 valence electrons. The van der Waals surface area contributed by atoms with E-state index >= 15 is 0 Å². The fourth-order valence-electron chi connectivity index (χ4n) is 3.47. The van der Waals surface area contributed by atoms with Gasteiger partial charge >= 0.3 is 0 Å². The van der Waals surface area contributed by atoms with E-state index in [0.29, 0.717) is 0 Å². The number of nitrogens with zero attached hydrogens (tertiary/aromatic N) is 3. The van der Waals surface area contributed by atoms with Gasteiger partial charge < -0.3 is 10.2 Å². The van der Waals surface area contributed by atoms with E-state index in [4.69, 9.17) is 17.3 Å². The average Bonchev–Trinajstić information content (AvgIpc) is 3.05. The first-order chi connectivity index (χ1) is 13.6. The number of benzene rings is 1. The standard InChI is InChI=1S/C20H24N6S2/c1-15-6-5-7-17(16(15)2)22-19-23-26(20(27)28-19)14-24-10-12-25(13-11-24)18-8-3-4-9-21-18/h3-9H,10-14H2,1-2H3,(H,22,23)/p+2. The average molecular weight is 415 g/mol. The van der Waals surface area contributed by atoms with Crippen LogP contribution in [-0.2, 0) is 6.67 Å². The molecule has 0 amide bonds. The molecule has 1 saturated heterocycles. The van der Waals surface area contributed by atoms with Crippen LogP contribution < -0.4 is 20.1 Å². The van der Waals surface area contributed by atoms with Gasteiger partial charge in [-0.15, -0.1) is 5.10 Å². The summed E-state index contributed by atoms with van der Waals surface area (Å²) < 4.78 is 2.78. The van der Waals surface area contributed by atoms with Crippen LogP contribution in [0.5, 0.6) is 0 Å². The lowest BCUT2D eigenvalue weighted by molar-refractivity contribution is -0.924. The molecule has 3 heterocycles. The first-order valence-corrected chi connectivity index (χ1v) is 10.8. The molecule has 0 atom stereocenters. The Bertz CT molecular complexity index is 989. The number of quaternary nitrogens is 1. The number of piperazine rings is 1. The molecular formula is C20H26N6S2+2. The maximum absolute atomic E-state index is 5.57. The second kappa shape index (κ2) is 8.38. The summed E-state index contributed by atoms with van der Waals surface area (Å²) in [4.78, 5) is 7.23. The maximum atomic E-state index is 5.57. The summed E-state index contributed by atoms with van der Waals surface area (Å²) in [7, 11) is 0. The van der Waals surface area contributed by atoms with E-state index in [1.807, 2.05) is 16.9 Å². The molecule has 1 aliphatic rings. The SMILES string of the molecule is Cc1cccc(Nc2nn(C[NH+]3CCN(c4cccc[nH+]4)CC3)c(=S)s2)c1C. The topological polar surface area (TPSA) is 51.7 Å². The van der Waals surface area contributed by atoms with Crippen LogP contribution in [0.2, 0.25) is 0 Å². The van der Waals surface area contributed by atoms with E-state index in [1.54, 1.807) is 0 Å². The maximum Gasteiger partial charge on any atom is 0.274 e. The summed E-state index contributed by atoms with van der Waals surface area (Å²) in [5, 5.41) is 9.02. The third kappa shape index (κ3) is 4.24. The van der Waals surface area contributed by atoms with Crippen LogP contribution in [0.4, 0.5) is 16.6 Å². The molecule has 28 heavy (non-hydrogen) atoms. The Hall–Kier alpha value is -2.29. The monoisotopic (exact) mass is 414 g/mol. The highest BCUT2D eigenvalue weighted by Gasteiger charge is 2.26. The number of aromatic amines is 1. The Morgan fingerprint density at radius 3 is 2.75 bits per heavy atom. The van der Waals surface area contributed by atoms with Crippen molar-refractivity contribution >= 4 is 40.2 Å². The fourth-order valence-corrected chi connectivity index (χ4v) is 4.49. The molecule has 1 fully saturated rings. The number of hydrogen-bond acceptors (Lipinski definition) is 5. The predicted octanol–water partition coefficient (Wildman–Crippen LogP) is 2.21. The van der Waals surface area contributed by atoms with Gasteiger partial charge in [0.1, 0.15) is 26.2 Å². The molecule has 6 nitrogen and oxygen atoms in total. The highest BCUT2D eigenvalue weighted by atomic mass is 32.1. The summed E-state index contributed by atoms with van der Waals surface area (Å²) in [5.74, 6) is 1.19. The molecule has 0 bridgehead atoms. The molecule has 0 saturated carbocycles. The van der Waals surface area contributed by atoms with E-state index in [9.17, 15) is 0 Å². The minimum absolute atomic E-state index is 0.816. The van der Waals surface area contributed by atoms with Crippen molar-refractivity contribution in [1.29, 1.82) is 0 Å². The van der Waals surface area contributed by atoms with Gasteiger partial charge in [0.25, 0.3) is 5.82 Å². The van der Waals surface area contributed by atoms with Gasteiger partial charge in [0.05, 0.1) is 6.20 Å². The summed E-state index contributed by atoms with van der Waals surface area (Å²) >= 11 is 7.10. The fraction of sp³-hybridized carbons (Fsp3) is 0.350. The summed E-state index contributed by atoms with van der Waals surface area (Å²) in [6, 6.07) is 12.5. The molecule has 0 spiro atoms. The van der Waals surface area contributed by atoms with Gasteiger partial charge in [-0.1, -0.05) is 29.5 Å². The number of aromatic nitrogens is 3. The van der Waals surface area contributed by atoms with E-state index in [1.165, 1.54) is 33.2 Å². The molecule has 0 aliphatic carbocycles. The third-order valence-electron chi connectivity index (χ3n) is 5.33. The third-order valence-corrected chi connectivity index (χ3v) is 6.55. The number of anilines is 3. The van der Waals surface area contributed by atoms with Gasteiger partial charge in [0, 0.05) is 11.8 Å². The van der Waals surface area contributed by atoms with Crippen molar-refractivity contribution in [2.75, 3.05) is 36.4 Å². The van der Waals surface area contributed by atoms with Crippen molar-refractivity contribution in [3.05, 3.63) is 57.7 Å². The minimum Gasteiger partial charge on any atom is -0.330 e. The van der Waals surface area contributed by atoms with Gasteiger partial charge in [-0.25, -0.2) is 4.98 Å². The molecule has 1 aromatic carbocycles. The first-order valence-electron chi connectivity index (χ1n) is 9.56. The van der Waals surface area contributed by atoms with Crippen molar-refractivity contribution in [3.63, 3.8) is 0 Å². The summed E-state index contributed by atoms with van der Waals surface area (Å²) in [5.41, 5.74) is 3.61. The van der Waals surface area contributed by atoms with E-state index in [2.05, 4.69) is 59.4 Å². The van der Waals surface area contributed by atoms with Crippen molar-refractivity contribution < 1.29 is 9.88 Å². The van der Waals surface area contributed by atoms with Crippen LogP contribution in [0.15, 0.2) is 42.6 Å². The number of nitrogens with one attached hydrogen (secondary N) is 3. The Morgan fingerprint density at radius 2 is 2.00 bits per heavy atom. The molecule has 0 radical (unpaired) electrons. The molecule has 4 rings (SSSR count). The zero-order chi connectivity index (χ0) is 19.5. The molecule has 2 aromatic heterocycles.